The predicted octanol–water partition coefficient (Wildman–Crippen LogP) is 6.29. The van der Waals surface area contributed by atoms with Crippen LogP contribution in [0.1, 0.15) is 72.1 Å². The minimum Gasteiger partial charge on any atom is -0.375 e. The van der Waals surface area contributed by atoms with E-state index in [1.165, 1.54) is 12.8 Å². The van der Waals surface area contributed by atoms with E-state index in [2.05, 4.69) is 13.5 Å². The SMILES string of the molecule is C=CC1CCC(COC(C)C(F)C(F)C(C)OCC2CCC(C)CC2)CC1. The minimum absolute atomic E-state index is 0.455. The van der Waals surface area contributed by atoms with Crippen LogP contribution in [0.15, 0.2) is 12.7 Å². The van der Waals surface area contributed by atoms with Crippen LogP contribution in [0.25, 0.3) is 0 Å². The maximum Gasteiger partial charge on any atom is 0.159 e. The molecule has 0 N–H and O–H groups in total. The highest BCUT2D eigenvalue weighted by Crippen LogP contribution is 2.31. The Hall–Kier alpha value is -0.480. The van der Waals surface area contributed by atoms with Crippen molar-refractivity contribution in [3.8, 4) is 0 Å². The molecule has 2 aliphatic rings. The van der Waals surface area contributed by atoms with Crippen molar-refractivity contribution in [2.24, 2.45) is 23.7 Å². The Balaban J connectivity index is 1.65. The summed E-state index contributed by atoms with van der Waals surface area (Å²) < 4.78 is 40.4. The zero-order valence-electron chi connectivity index (χ0n) is 17.5. The molecule has 0 aromatic rings. The van der Waals surface area contributed by atoms with Crippen LogP contribution in [0.5, 0.6) is 0 Å². The molecule has 2 nitrogen and oxygen atoms in total. The Morgan fingerprint density at radius 3 is 1.63 bits per heavy atom. The second-order valence-electron chi connectivity index (χ2n) is 9.11. The quantitative estimate of drug-likeness (QED) is 0.411. The summed E-state index contributed by atoms with van der Waals surface area (Å²) in [5, 5.41) is 0. The Kier molecular flexibility index (Phi) is 9.72. The second kappa shape index (κ2) is 11.5. The highest BCUT2D eigenvalue weighted by atomic mass is 19.2. The zero-order chi connectivity index (χ0) is 19.8. The maximum absolute atomic E-state index is 14.5. The highest BCUT2D eigenvalue weighted by Gasteiger charge is 2.33. The lowest BCUT2D eigenvalue weighted by Gasteiger charge is -2.30. The fourth-order valence-corrected chi connectivity index (χ4v) is 4.36. The van der Waals surface area contributed by atoms with E-state index in [-0.39, 0.29) is 0 Å². The fraction of sp³-hybridized carbons (Fsp3) is 0.913. The molecule has 27 heavy (non-hydrogen) atoms. The second-order valence-corrected chi connectivity index (χ2v) is 9.11. The molecule has 2 fully saturated rings. The summed E-state index contributed by atoms with van der Waals surface area (Å²) in [4.78, 5) is 0. The molecule has 0 aliphatic heterocycles. The zero-order valence-corrected chi connectivity index (χ0v) is 17.5. The molecule has 4 unspecified atom stereocenters. The highest BCUT2D eigenvalue weighted by molar-refractivity contribution is 4.85. The molecule has 158 valence electrons. The van der Waals surface area contributed by atoms with Crippen molar-refractivity contribution in [2.75, 3.05) is 13.2 Å². The largest absolute Gasteiger partial charge is 0.375 e. The summed E-state index contributed by atoms with van der Waals surface area (Å²) >= 11 is 0. The van der Waals surface area contributed by atoms with Gasteiger partial charge in [-0.15, -0.1) is 6.58 Å². The third-order valence-corrected chi connectivity index (χ3v) is 6.75. The summed E-state index contributed by atoms with van der Waals surface area (Å²) in [5.74, 6) is 2.34. The van der Waals surface area contributed by atoms with Gasteiger partial charge in [0, 0.05) is 13.2 Å². The van der Waals surface area contributed by atoms with Gasteiger partial charge in [-0.1, -0.05) is 25.8 Å². The van der Waals surface area contributed by atoms with E-state index in [0.717, 1.165) is 44.4 Å². The normalized spacial score (nSPS) is 33.8. The van der Waals surface area contributed by atoms with Crippen LogP contribution in [0, 0.1) is 23.7 Å². The summed E-state index contributed by atoms with van der Waals surface area (Å²) in [6, 6.07) is 0. The number of halogens is 2. The molecule has 0 amide bonds. The summed E-state index contributed by atoms with van der Waals surface area (Å²) in [5.41, 5.74) is 0. The molecule has 2 rings (SSSR count). The Morgan fingerprint density at radius 2 is 1.22 bits per heavy atom. The van der Waals surface area contributed by atoms with E-state index >= 15 is 0 Å². The Morgan fingerprint density at radius 1 is 0.815 bits per heavy atom. The third kappa shape index (κ3) is 7.45. The van der Waals surface area contributed by atoms with Gasteiger partial charge in [0.2, 0.25) is 0 Å². The molecule has 0 heterocycles. The van der Waals surface area contributed by atoms with Crippen LogP contribution in [0.2, 0.25) is 0 Å². The average molecular weight is 387 g/mol. The lowest BCUT2D eigenvalue weighted by Crippen LogP contribution is -2.40. The van der Waals surface area contributed by atoms with Gasteiger partial charge in [0.25, 0.3) is 0 Å². The first-order chi connectivity index (χ1) is 12.9. The van der Waals surface area contributed by atoms with Gasteiger partial charge in [-0.05, 0) is 76.0 Å². The first kappa shape index (κ1) is 22.8. The fourth-order valence-electron chi connectivity index (χ4n) is 4.36. The lowest BCUT2D eigenvalue weighted by molar-refractivity contribution is -0.0841. The van der Waals surface area contributed by atoms with Gasteiger partial charge >= 0.3 is 0 Å². The smallest absolute Gasteiger partial charge is 0.159 e. The topological polar surface area (TPSA) is 18.5 Å². The molecule has 4 atom stereocenters. The van der Waals surface area contributed by atoms with E-state index in [4.69, 9.17) is 9.47 Å². The number of allylic oxidation sites excluding steroid dienone is 1. The van der Waals surface area contributed by atoms with Gasteiger partial charge in [0.15, 0.2) is 12.3 Å². The van der Waals surface area contributed by atoms with Crippen LogP contribution < -0.4 is 0 Å². The van der Waals surface area contributed by atoms with Gasteiger partial charge in [-0.2, -0.15) is 0 Å². The van der Waals surface area contributed by atoms with Crippen molar-refractivity contribution in [1.29, 1.82) is 0 Å². The van der Waals surface area contributed by atoms with Crippen LogP contribution in [-0.2, 0) is 9.47 Å². The summed E-state index contributed by atoms with van der Waals surface area (Å²) in [6.07, 6.45) is 6.40. The van der Waals surface area contributed by atoms with E-state index in [1.807, 2.05) is 6.08 Å². The number of rotatable bonds is 10. The van der Waals surface area contributed by atoms with Crippen molar-refractivity contribution in [3.05, 3.63) is 12.7 Å². The van der Waals surface area contributed by atoms with E-state index in [9.17, 15) is 8.78 Å². The molecule has 0 radical (unpaired) electrons. The Bertz CT molecular complexity index is 415. The molecule has 0 aromatic heterocycles. The molecule has 4 heteroatoms. The minimum atomic E-state index is -1.64. The monoisotopic (exact) mass is 386 g/mol. The maximum atomic E-state index is 14.5. The van der Waals surface area contributed by atoms with Gasteiger partial charge in [-0.25, -0.2) is 8.78 Å². The van der Waals surface area contributed by atoms with Crippen molar-refractivity contribution in [2.45, 2.75) is 96.7 Å². The first-order valence-corrected chi connectivity index (χ1v) is 11.0. The molecule has 2 saturated carbocycles. The average Bonchev–Trinajstić information content (AvgIpc) is 2.70. The predicted molar refractivity (Wildman–Crippen MR) is 107 cm³/mol. The van der Waals surface area contributed by atoms with Crippen molar-refractivity contribution >= 4 is 0 Å². The lowest BCUT2D eigenvalue weighted by atomic mass is 9.82. The van der Waals surface area contributed by atoms with Crippen LogP contribution in [0.3, 0.4) is 0 Å². The Labute approximate surface area is 165 Å². The van der Waals surface area contributed by atoms with Crippen molar-refractivity contribution < 1.29 is 18.3 Å². The third-order valence-electron chi connectivity index (χ3n) is 6.75. The van der Waals surface area contributed by atoms with Gasteiger partial charge in [0.1, 0.15) is 0 Å². The summed E-state index contributed by atoms with van der Waals surface area (Å²) in [7, 11) is 0. The van der Waals surface area contributed by atoms with Crippen LogP contribution in [0.4, 0.5) is 8.78 Å². The van der Waals surface area contributed by atoms with Crippen LogP contribution in [-0.4, -0.2) is 37.8 Å². The van der Waals surface area contributed by atoms with Crippen molar-refractivity contribution in [1.82, 2.24) is 0 Å². The van der Waals surface area contributed by atoms with E-state index in [0.29, 0.717) is 31.0 Å². The number of ether oxygens (including phenoxy) is 2. The molecular weight excluding hydrogens is 346 g/mol. The summed E-state index contributed by atoms with van der Waals surface area (Å²) in [6.45, 7) is 10.5. The standard InChI is InChI=1S/C23H40F2O2/c1-5-19-10-12-21(13-11-19)15-27-18(4)23(25)22(24)17(3)26-14-20-8-6-16(2)7-9-20/h5,16-23H,1,6-15H2,2-4H3. The molecule has 0 aromatic carbocycles. The number of hydrogen-bond acceptors (Lipinski definition) is 2. The van der Waals surface area contributed by atoms with E-state index < -0.39 is 24.6 Å². The molecular formula is C23H40F2O2. The molecule has 0 saturated heterocycles. The van der Waals surface area contributed by atoms with Gasteiger partial charge < -0.3 is 9.47 Å². The van der Waals surface area contributed by atoms with E-state index in [1.54, 1.807) is 13.8 Å². The van der Waals surface area contributed by atoms with Gasteiger partial charge in [0.05, 0.1) is 12.2 Å². The molecule has 0 bridgehead atoms. The number of hydrogen-bond donors (Lipinski definition) is 0. The van der Waals surface area contributed by atoms with Crippen molar-refractivity contribution in [3.63, 3.8) is 0 Å². The van der Waals surface area contributed by atoms with Gasteiger partial charge in [-0.3, -0.25) is 0 Å². The molecule has 2 aliphatic carbocycles. The number of alkyl halides is 2. The first-order valence-electron chi connectivity index (χ1n) is 11.0. The molecule has 0 spiro atoms. The van der Waals surface area contributed by atoms with Crippen LogP contribution >= 0.6 is 0 Å².